The third-order valence-corrected chi connectivity index (χ3v) is 5.67. The fraction of sp³-hybridized carbons (Fsp3) is 0.158. The number of hydrogen-bond donors (Lipinski definition) is 1. The normalized spacial score (nSPS) is 11.9. The van der Waals surface area contributed by atoms with Gasteiger partial charge in [-0.1, -0.05) is 83.9 Å². The lowest BCUT2D eigenvalue weighted by Crippen LogP contribution is -2.28. The molecule has 0 saturated heterocycles. The van der Waals surface area contributed by atoms with E-state index in [-0.39, 0.29) is 22.1 Å². The fourth-order valence-corrected chi connectivity index (χ4v) is 3.70. The van der Waals surface area contributed by atoms with Gasteiger partial charge in [-0.05, 0) is 35.5 Å². The van der Waals surface area contributed by atoms with Crippen molar-refractivity contribution in [2.45, 2.75) is 18.9 Å². The number of nitrogens with one attached hydrogen (secondary N) is 1. The Morgan fingerprint density at radius 1 is 1.04 bits per heavy atom. The molecule has 128 valence electrons. The minimum absolute atomic E-state index is 0.120. The molecule has 0 radical (unpaired) electrons. The second kappa shape index (κ2) is 8.48. The first-order valence-corrected chi connectivity index (χ1v) is 9.38. The SMILES string of the molecule is O=C(NC(CCc1ccccc1)c1ccccc1)c1snc(Cl)c1Cl. The molecule has 1 unspecified atom stereocenters. The maximum absolute atomic E-state index is 12.6. The number of hydrogen-bond acceptors (Lipinski definition) is 3. The number of amides is 1. The van der Waals surface area contributed by atoms with E-state index in [1.807, 2.05) is 48.5 Å². The monoisotopic (exact) mass is 390 g/mol. The standard InChI is InChI=1S/C19H16Cl2N2OS/c20-16-17(25-23-18(16)21)19(24)22-15(14-9-5-2-6-10-14)12-11-13-7-3-1-4-8-13/h1-10,15H,11-12H2,(H,22,24). The number of nitrogens with zero attached hydrogens (tertiary/aromatic N) is 1. The van der Waals surface area contributed by atoms with E-state index >= 15 is 0 Å². The van der Waals surface area contributed by atoms with Crippen LogP contribution in [0.1, 0.15) is 33.3 Å². The molecule has 1 heterocycles. The van der Waals surface area contributed by atoms with E-state index in [1.54, 1.807) is 0 Å². The molecule has 0 aliphatic rings. The van der Waals surface area contributed by atoms with E-state index in [0.29, 0.717) is 4.88 Å². The van der Waals surface area contributed by atoms with Crippen LogP contribution in [-0.4, -0.2) is 10.3 Å². The highest BCUT2D eigenvalue weighted by atomic mass is 35.5. The number of halogens is 2. The number of benzene rings is 2. The highest BCUT2D eigenvalue weighted by Crippen LogP contribution is 2.29. The van der Waals surface area contributed by atoms with Gasteiger partial charge in [-0.3, -0.25) is 4.79 Å². The summed E-state index contributed by atoms with van der Waals surface area (Å²) in [5, 5.41) is 3.43. The van der Waals surface area contributed by atoms with Gasteiger partial charge in [0.05, 0.1) is 6.04 Å². The fourth-order valence-electron chi connectivity index (χ4n) is 2.59. The Balaban J connectivity index is 1.77. The van der Waals surface area contributed by atoms with Crippen molar-refractivity contribution < 1.29 is 4.79 Å². The van der Waals surface area contributed by atoms with Gasteiger partial charge in [0.25, 0.3) is 5.91 Å². The highest BCUT2D eigenvalue weighted by Gasteiger charge is 2.21. The lowest BCUT2D eigenvalue weighted by molar-refractivity contribution is 0.0939. The average Bonchev–Trinajstić information content (AvgIpc) is 2.99. The Kier molecular flexibility index (Phi) is 6.08. The van der Waals surface area contributed by atoms with Crippen LogP contribution in [0.5, 0.6) is 0 Å². The van der Waals surface area contributed by atoms with Gasteiger partial charge in [-0.15, -0.1) is 0 Å². The molecular formula is C19H16Cl2N2OS. The van der Waals surface area contributed by atoms with Gasteiger partial charge in [0.15, 0.2) is 5.15 Å². The molecule has 1 aromatic heterocycles. The topological polar surface area (TPSA) is 42.0 Å². The highest BCUT2D eigenvalue weighted by molar-refractivity contribution is 7.09. The largest absolute Gasteiger partial charge is 0.344 e. The van der Waals surface area contributed by atoms with Crippen LogP contribution in [0.25, 0.3) is 0 Å². The van der Waals surface area contributed by atoms with Crippen molar-refractivity contribution in [2.75, 3.05) is 0 Å². The van der Waals surface area contributed by atoms with Crippen molar-refractivity contribution in [2.24, 2.45) is 0 Å². The Hall–Kier alpha value is -1.88. The molecule has 1 N–H and O–H groups in total. The van der Waals surface area contributed by atoms with E-state index < -0.39 is 0 Å². The summed E-state index contributed by atoms with van der Waals surface area (Å²) in [5.41, 5.74) is 2.29. The maximum Gasteiger partial charge on any atom is 0.265 e. The van der Waals surface area contributed by atoms with Crippen molar-refractivity contribution in [3.63, 3.8) is 0 Å². The zero-order valence-electron chi connectivity index (χ0n) is 13.3. The number of aromatic nitrogens is 1. The second-order valence-corrected chi connectivity index (χ2v) is 7.09. The summed E-state index contributed by atoms with van der Waals surface area (Å²) in [6, 6.07) is 20.0. The summed E-state index contributed by atoms with van der Waals surface area (Å²) in [6.45, 7) is 0. The van der Waals surface area contributed by atoms with Crippen molar-refractivity contribution >= 4 is 40.6 Å². The summed E-state index contributed by atoms with van der Waals surface area (Å²) < 4.78 is 3.93. The lowest BCUT2D eigenvalue weighted by Gasteiger charge is -2.19. The molecule has 0 bridgehead atoms. The van der Waals surface area contributed by atoms with Crippen molar-refractivity contribution in [3.8, 4) is 0 Å². The molecule has 0 saturated carbocycles. The molecule has 2 aromatic carbocycles. The smallest absolute Gasteiger partial charge is 0.265 e. The first-order valence-electron chi connectivity index (χ1n) is 7.85. The van der Waals surface area contributed by atoms with Crippen molar-refractivity contribution in [1.82, 2.24) is 9.69 Å². The predicted octanol–water partition coefficient (Wildman–Crippen LogP) is 5.55. The van der Waals surface area contributed by atoms with E-state index in [1.165, 1.54) is 5.56 Å². The van der Waals surface area contributed by atoms with Crippen molar-refractivity contribution in [3.05, 3.63) is 86.8 Å². The Morgan fingerprint density at radius 3 is 2.28 bits per heavy atom. The molecule has 3 rings (SSSR count). The molecule has 0 aliphatic carbocycles. The maximum atomic E-state index is 12.6. The quantitative estimate of drug-likeness (QED) is 0.598. The molecule has 3 aromatic rings. The predicted molar refractivity (Wildman–Crippen MR) is 104 cm³/mol. The van der Waals surface area contributed by atoms with Crippen LogP contribution in [0.3, 0.4) is 0 Å². The van der Waals surface area contributed by atoms with Gasteiger partial charge in [0.1, 0.15) is 9.90 Å². The number of rotatable bonds is 6. The van der Waals surface area contributed by atoms with E-state index in [0.717, 1.165) is 29.9 Å². The van der Waals surface area contributed by atoms with Crippen LogP contribution < -0.4 is 5.32 Å². The van der Waals surface area contributed by atoms with E-state index in [2.05, 4.69) is 21.8 Å². The molecule has 25 heavy (non-hydrogen) atoms. The van der Waals surface area contributed by atoms with Gasteiger partial charge < -0.3 is 5.32 Å². The third kappa shape index (κ3) is 4.60. The molecule has 0 spiro atoms. The molecule has 0 aliphatic heterocycles. The molecule has 0 fully saturated rings. The molecular weight excluding hydrogens is 375 g/mol. The molecule has 6 heteroatoms. The van der Waals surface area contributed by atoms with Crippen LogP contribution >= 0.6 is 34.7 Å². The van der Waals surface area contributed by atoms with Crippen LogP contribution in [0.2, 0.25) is 10.2 Å². The van der Waals surface area contributed by atoms with Gasteiger partial charge >= 0.3 is 0 Å². The Bertz CT molecular complexity index is 837. The first-order chi connectivity index (χ1) is 12.1. The van der Waals surface area contributed by atoms with Crippen LogP contribution in [0.15, 0.2) is 60.7 Å². The van der Waals surface area contributed by atoms with Crippen LogP contribution in [-0.2, 0) is 6.42 Å². The van der Waals surface area contributed by atoms with Gasteiger partial charge in [0, 0.05) is 0 Å². The second-order valence-electron chi connectivity index (χ2n) is 5.58. The van der Waals surface area contributed by atoms with Crippen LogP contribution in [0, 0.1) is 0 Å². The van der Waals surface area contributed by atoms with Gasteiger partial charge in [0.2, 0.25) is 0 Å². The minimum Gasteiger partial charge on any atom is -0.344 e. The van der Waals surface area contributed by atoms with Crippen molar-refractivity contribution in [1.29, 1.82) is 0 Å². The molecule has 3 nitrogen and oxygen atoms in total. The zero-order valence-corrected chi connectivity index (χ0v) is 15.6. The summed E-state index contributed by atoms with van der Waals surface area (Å²) in [6.07, 6.45) is 1.64. The van der Waals surface area contributed by atoms with Gasteiger partial charge in [-0.2, -0.15) is 4.37 Å². The van der Waals surface area contributed by atoms with Gasteiger partial charge in [-0.25, -0.2) is 0 Å². The molecule has 1 amide bonds. The minimum atomic E-state index is -0.253. The summed E-state index contributed by atoms with van der Waals surface area (Å²) in [4.78, 5) is 12.9. The number of carbonyl (C=O) groups excluding carboxylic acids is 1. The lowest BCUT2D eigenvalue weighted by atomic mass is 9.99. The Morgan fingerprint density at radius 2 is 1.68 bits per heavy atom. The van der Waals surface area contributed by atoms with Crippen LogP contribution in [0.4, 0.5) is 0 Å². The first kappa shape index (κ1) is 17.9. The number of aryl methyl sites for hydroxylation is 1. The summed E-state index contributed by atoms with van der Waals surface area (Å²) in [5.74, 6) is -0.253. The number of carbonyl (C=O) groups is 1. The summed E-state index contributed by atoms with van der Waals surface area (Å²) in [7, 11) is 0. The average molecular weight is 391 g/mol. The zero-order chi connectivity index (χ0) is 17.6. The van der Waals surface area contributed by atoms with E-state index in [4.69, 9.17) is 23.2 Å². The molecule has 1 atom stereocenters. The summed E-state index contributed by atoms with van der Waals surface area (Å²) >= 11 is 12.9. The Labute approximate surface area is 160 Å². The third-order valence-electron chi connectivity index (χ3n) is 3.88. The van der Waals surface area contributed by atoms with E-state index in [9.17, 15) is 4.79 Å².